The van der Waals surface area contributed by atoms with Crippen molar-refractivity contribution in [2.75, 3.05) is 7.11 Å². The highest BCUT2D eigenvalue weighted by Gasteiger charge is 2.20. The van der Waals surface area contributed by atoms with Gasteiger partial charge in [0.05, 0.1) is 24.6 Å². The minimum atomic E-state index is -0.0567. The summed E-state index contributed by atoms with van der Waals surface area (Å²) < 4.78 is 11.6. The molecule has 25 heavy (non-hydrogen) atoms. The average molecular weight is 333 g/mol. The van der Waals surface area contributed by atoms with Gasteiger partial charge in [0.2, 0.25) is 0 Å². The smallest absolute Gasteiger partial charge is 0.195 e. The van der Waals surface area contributed by atoms with Crippen LogP contribution in [0.2, 0.25) is 0 Å². The quantitative estimate of drug-likeness (QED) is 0.587. The van der Waals surface area contributed by atoms with Crippen molar-refractivity contribution in [1.29, 1.82) is 0 Å². The molecule has 4 heteroatoms. The number of methoxy groups -OCH3 is 1. The number of ether oxygens (including phenoxy) is 1. The number of para-hydroxylation sites is 1. The van der Waals surface area contributed by atoms with Crippen molar-refractivity contribution in [3.05, 3.63) is 59.2 Å². The van der Waals surface area contributed by atoms with Gasteiger partial charge in [-0.3, -0.25) is 0 Å². The Morgan fingerprint density at radius 2 is 1.84 bits per heavy atom. The Morgan fingerprint density at radius 1 is 1.08 bits per heavy atom. The summed E-state index contributed by atoms with van der Waals surface area (Å²) >= 11 is 0. The van der Waals surface area contributed by atoms with Crippen LogP contribution in [-0.4, -0.2) is 17.2 Å². The number of aromatic nitrogens is 1. The molecule has 126 valence electrons. The number of aryl methyl sites for hydroxylation is 2. The van der Waals surface area contributed by atoms with E-state index in [4.69, 9.17) is 14.1 Å². The molecule has 2 heterocycles. The van der Waals surface area contributed by atoms with Crippen LogP contribution in [0.5, 0.6) is 5.75 Å². The summed E-state index contributed by atoms with van der Waals surface area (Å²) in [4.78, 5) is 4.83. The van der Waals surface area contributed by atoms with Gasteiger partial charge in [-0.1, -0.05) is 24.3 Å². The van der Waals surface area contributed by atoms with E-state index in [-0.39, 0.29) is 6.61 Å². The molecule has 0 aliphatic rings. The van der Waals surface area contributed by atoms with Crippen molar-refractivity contribution in [3.63, 3.8) is 0 Å². The van der Waals surface area contributed by atoms with E-state index >= 15 is 0 Å². The number of hydrogen-bond donors (Lipinski definition) is 1. The SMILES string of the molecule is COc1c(-c2cc(CO)c3c(C)ccc(C)c3n2)oc2ccccc12. The maximum atomic E-state index is 9.90. The Balaban J connectivity index is 2.07. The van der Waals surface area contributed by atoms with Crippen molar-refractivity contribution < 1.29 is 14.3 Å². The van der Waals surface area contributed by atoms with E-state index in [1.54, 1.807) is 7.11 Å². The fourth-order valence-electron chi connectivity index (χ4n) is 3.37. The van der Waals surface area contributed by atoms with Crippen LogP contribution in [0.3, 0.4) is 0 Å². The first-order valence-electron chi connectivity index (χ1n) is 8.20. The first-order valence-corrected chi connectivity index (χ1v) is 8.20. The molecule has 0 saturated heterocycles. The number of benzene rings is 2. The van der Waals surface area contributed by atoms with Gasteiger partial charge in [0, 0.05) is 5.39 Å². The lowest BCUT2D eigenvalue weighted by molar-refractivity contribution is 0.283. The van der Waals surface area contributed by atoms with Gasteiger partial charge in [-0.2, -0.15) is 0 Å². The van der Waals surface area contributed by atoms with Crippen molar-refractivity contribution in [3.8, 4) is 17.2 Å². The molecule has 1 N–H and O–H groups in total. The molecule has 0 amide bonds. The third-order valence-electron chi connectivity index (χ3n) is 4.61. The highest BCUT2D eigenvalue weighted by atomic mass is 16.5. The second-order valence-corrected chi connectivity index (χ2v) is 6.21. The van der Waals surface area contributed by atoms with Crippen LogP contribution in [0, 0.1) is 13.8 Å². The average Bonchev–Trinajstić information content (AvgIpc) is 3.02. The molecular formula is C21H19NO3. The fourth-order valence-corrected chi connectivity index (χ4v) is 3.37. The molecule has 0 radical (unpaired) electrons. The van der Waals surface area contributed by atoms with Crippen LogP contribution in [0.15, 0.2) is 46.9 Å². The lowest BCUT2D eigenvalue weighted by Crippen LogP contribution is -1.97. The molecule has 0 spiro atoms. The Hall–Kier alpha value is -2.85. The summed E-state index contributed by atoms with van der Waals surface area (Å²) in [6.45, 7) is 4.00. The molecule has 0 atom stereocenters. The Morgan fingerprint density at radius 3 is 2.60 bits per heavy atom. The van der Waals surface area contributed by atoms with Crippen molar-refractivity contribution in [2.24, 2.45) is 0 Å². The van der Waals surface area contributed by atoms with Gasteiger partial charge in [-0.25, -0.2) is 4.98 Å². The van der Waals surface area contributed by atoms with Gasteiger partial charge in [-0.05, 0) is 48.7 Å². The van der Waals surface area contributed by atoms with E-state index in [2.05, 4.69) is 6.07 Å². The highest BCUT2D eigenvalue weighted by Crippen LogP contribution is 2.40. The van der Waals surface area contributed by atoms with Crippen LogP contribution >= 0.6 is 0 Å². The predicted molar refractivity (Wildman–Crippen MR) is 98.9 cm³/mol. The Kier molecular flexibility index (Phi) is 3.70. The summed E-state index contributed by atoms with van der Waals surface area (Å²) in [6, 6.07) is 13.7. The summed E-state index contributed by atoms with van der Waals surface area (Å²) in [5, 5.41) is 11.8. The molecule has 0 aliphatic heterocycles. The standard InChI is InChI=1S/C21H19NO3/c1-12-8-9-13(2)19-18(12)14(11-23)10-16(22-19)21-20(24-3)15-6-4-5-7-17(15)25-21/h4-10,23H,11H2,1-3H3. The molecule has 0 unspecified atom stereocenters. The third-order valence-corrected chi connectivity index (χ3v) is 4.61. The molecule has 0 fully saturated rings. The van der Waals surface area contributed by atoms with Crippen LogP contribution in [0.4, 0.5) is 0 Å². The molecule has 4 aromatic rings. The number of fused-ring (bicyclic) bond motifs is 2. The van der Waals surface area contributed by atoms with Gasteiger partial charge < -0.3 is 14.3 Å². The van der Waals surface area contributed by atoms with E-state index in [0.29, 0.717) is 17.2 Å². The number of aliphatic hydroxyl groups is 1. The van der Waals surface area contributed by atoms with Gasteiger partial charge >= 0.3 is 0 Å². The van der Waals surface area contributed by atoms with Crippen LogP contribution in [0.25, 0.3) is 33.3 Å². The maximum absolute atomic E-state index is 9.90. The zero-order valence-corrected chi connectivity index (χ0v) is 14.5. The minimum absolute atomic E-state index is 0.0567. The number of nitrogens with zero attached hydrogens (tertiary/aromatic N) is 1. The monoisotopic (exact) mass is 333 g/mol. The number of rotatable bonds is 3. The summed E-state index contributed by atoms with van der Waals surface area (Å²) in [7, 11) is 1.63. The van der Waals surface area contributed by atoms with Crippen molar-refractivity contribution in [2.45, 2.75) is 20.5 Å². The summed E-state index contributed by atoms with van der Waals surface area (Å²) in [6.07, 6.45) is 0. The number of aliphatic hydroxyl groups excluding tert-OH is 1. The summed E-state index contributed by atoms with van der Waals surface area (Å²) in [5.74, 6) is 1.25. The molecule has 0 bridgehead atoms. The Bertz CT molecular complexity index is 1100. The minimum Gasteiger partial charge on any atom is -0.492 e. The van der Waals surface area contributed by atoms with Crippen molar-refractivity contribution >= 4 is 21.9 Å². The van der Waals surface area contributed by atoms with Crippen LogP contribution < -0.4 is 4.74 Å². The van der Waals surface area contributed by atoms with Gasteiger partial charge in [0.25, 0.3) is 0 Å². The first-order chi connectivity index (χ1) is 12.1. The van der Waals surface area contributed by atoms with E-state index in [1.807, 2.05) is 50.2 Å². The maximum Gasteiger partial charge on any atom is 0.195 e. The van der Waals surface area contributed by atoms with Crippen molar-refractivity contribution in [1.82, 2.24) is 4.98 Å². The molecule has 0 saturated carbocycles. The predicted octanol–water partition coefficient (Wildman–Crippen LogP) is 4.77. The van der Waals surface area contributed by atoms with E-state index < -0.39 is 0 Å². The summed E-state index contributed by atoms with van der Waals surface area (Å²) in [5.41, 5.74) is 5.29. The topological polar surface area (TPSA) is 55.5 Å². The number of furan rings is 1. The Labute approximate surface area is 145 Å². The zero-order valence-electron chi connectivity index (χ0n) is 14.5. The number of hydrogen-bond acceptors (Lipinski definition) is 4. The third kappa shape index (κ3) is 2.37. The molecule has 2 aromatic carbocycles. The fraction of sp³-hybridized carbons (Fsp3) is 0.190. The largest absolute Gasteiger partial charge is 0.492 e. The van der Waals surface area contributed by atoms with Crippen LogP contribution in [0.1, 0.15) is 16.7 Å². The van der Waals surface area contributed by atoms with E-state index in [9.17, 15) is 5.11 Å². The molecule has 0 aliphatic carbocycles. The first kappa shape index (κ1) is 15.7. The molecule has 4 nitrogen and oxygen atoms in total. The molecule has 2 aromatic heterocycles. The normalized spacial score (nSPS) is 11.4. The van der Waals surface area contributed by atoms with Gasteiger partial charge in [0.1, 0.15) is 11.3 Å². The highest BCUT2D eigenvalue weighted by molar-refractivity contribution is 5.94. The molecule has 4 rings (SSSR count). The van der Waals surface area contributed by atoms with Gasteiger partial charge in [0.15, 0.2) is 11.5 Å². The second kappa shape index (κ2) is 5.90. The lowest BCUT2D eigenvalue weighted by Gasteiger charge is -2.11. The lowest BCUT2D eigenvalue weighted by atomic mass is 9.99. The van der Waals surface area contributed by atoms with Crippen LogP contribution in [-0.2, 0) is 6.61 Å². The van der Waals surface area contributed by atoms with E-state index in [0.717, 1.165) is 38.6 Å². The van der Waals surface area contributed by atoms with Gasteiger partial charge in [-0.15, -0.1) is 0 Å². The second-order valence-electron chi connectivity index (χ2n) is 6.21. The zero-order chi connectivity index (χ0) is 17.6. The number of pyridine rings is 1. The van der Waals surface area contributed by atoms with E-state index in [1.165, 1.54) is 0 Å². The molecular weight excluding hydrogens is 314 g/mol.